The number of carbonyl (C=O) groups excluding carboxylic acids is 2. The maximum absolute atomic E-state index is 13.1. The molecule has 0 saturated carbocycles. The zero-order chi connectivity index (χ0) is 22.3. The van der Waals surface area contributed by atoms with Gasteiger partial charge in [0.25, 0.3) is 0 Å². The lowest BCUT2D eigenvalue weighted by Crippen LogP contribution is -2.48. The zero-order valence-electron chi connectivity index (χ0n) is 17.8. The molecule has 0 bridgehead atoms. The molecule has 166 valence electrons. The molecule has 1 spiro atoms. The quantitative estimate of drug-likeness (QED) is 0.698. The minimum absolute atomic E-state index is 0.0275. The van der Waals surface area contributed by atoms with Crippen molar-refractivity contribution in [2.75, 3.05) is 24.5 Å². The molecule has 1 aromatic heterocycles. The molecular formula is C21H28F3N3O3. The summed E-state index contributed by atoms with van der Waals surface area (Å²) in [5.74, 6) is -0.482. The molecule has 2 amide bonds. The molecule has 0 radical (unpaired) electrons. The molecule has 30 heavy (non-hydrogen) atoms. The average Bonchev–Trinajstić information content (AvgIpc) is 2.91. The van der Waals surface area contributed by atoms with Crippen LogP contribution in [0.4, 0.5) is 23.8 Å². The molecule has 2 saturated heterocycles. The molecule has 3 heterocycles. The largest absolute Gasteiger partial charge is 0.444 e. The first-order chi connectivity index (χ1) is 13.9. The van der Waals surface area contributed by atoms with E-state index in [1.807, 2.05) is 6.92 Å². The number of nitrogens with zero attached hydrogens (tertiary/aromatic N) is 3. The first kappa shape index (κ1) is 22.4. The number of rotatable bonds is 2. The lowest BCUT2D eigenvalue weighted by molar-refractivity contribution is -0.137. The van der Waals surface area contributed by atoms with Crippen molar-refractivity contribution in [2.24, 2.45) is 11.3 Å². The maximum Gasteiger partial charge on any atom is 0.416 e. The topological polar surface area (TPSA) is 62.7 Å². The van der Waals surface area contributed by atoms with Gasteiger partial charge >= 0.3 is 12.3 Å². The average molecular weight is 427 g/mol. The van der Waals surface area contributed by atoms with Crippen LogP contribution in [0, 0.1) is 11.3 Å². The van der Waals surface area contributed by atoms with E-state index in [0.29, 0.717) is 38.9 Å². The van der Waals surface area contributed by atoms with Gasteiger partial charge in [-0.05, 0) is 52.2 Å². The Bertz CT molecular complexity index is 812. The highest BCUT2D eigenvalue weighted by molar-refractivity contribution is 5.97. The van der Waals surface area contributed by atoms with E-state index in [0.717, 1.165) is 18.3 Å². The van der Waals surface area contributed by atoms with E-state index in [1.165, 1.54) is 4.90 Å². The number of piperidine rings is 1. The number of anilines is 1. The van der Waals surface area contributed by atoms with Crippen molar-refractivity contribution >= 4 is 17.8 Å². The predicted molar refractivity (Wildman–Crippen MR) is 105 cm³/mol. The van der Waals surface area contributed by atoms with Crippen molar-refractivity contribution in [1.29, 1.82) is 0 Å². The van der Waals surface area contributed by atoms with Crippen LogP contribution in [-0.2, 0) is 15.7 Å². The molecule has 6 nitrogen and oxygen atoms in total. The Labute approximate surface area is 174 Å². The molecule has 2 aliphatic rings. The minimum atomic E-state index is -4.50. The third kappa shape index (κ3) is 4.39. The SMILES string of the molecule is CCC1C(=O)N(c2cc(C(F)(F)F)ccn2)CC12CCN(C(=O)OC(C)(C)C)CC2. The third-order valence-corrected chi connectivity index (χ3v) is 5.94. The van der Waals surface area contributed by atoms with Crippen molar-refractivity contribution in [2.45, 2.75) is 58.7 Å². The van der Waals surface area contributed by atoms with Crippen molar-refractivity contribution in [3.05, 3.63) is 23.9 Å². The number of likely N-dealkylation sites (tertiary alicyclic amines) is 1. The predicted octanol–water partition coefficient (Wildman–Crippen LogP) is 4.49. The molecule has 0 N–H and O–H groups in total. The second kappa shape index (κ2) is 7.74. The first-order valence-electron chi connectivity index (χ1n) is 10.2. The zero-order valence-corrected chi connectivity index (χ0v) is 17.8. The monoisotopic (exact) mass is 427 g/mol. The fraction of sp³-hybridized carbons (Fsp3) is 0.667. The van der Waals surface area contributed by atoms with Gasteiger partial charge in [0.2, 0.25) is 5.91 Å². The van der Waals surface area contributed by atoms with Gasteiger partial charge in [0.15, 0.2) is 0 Å². The summed E-state index contributed by atoms with van der Waals surface area (Å²) in [6, 6.07) is 1.83. The summed E-state index contributed by atoms with van der Waals surface area (Å²) in [5, 5.41) is 0. The molecule has 1 aromatic rings. The number of amides is 2. The van der Waals surface area contributed by atoms with Crippen LogP contribution in [0.5, 0.6) is 0 Å². The fourth-order valence-corrected chi connectivity index (χ4v) is 4.46. The van der Waals surface area contributed by atoms with Crippen LogP contribution in [0.1, 0.15) is 52.5 Å². The Hall–Kier alpha value is -2.32. The highest BCUT2D eigenvalue weighted by Crippen LogP contribution is 2.48. The maximum atomic E-state index is 13.1. The Morgan fingerprint density at radius 3 is 2.43 bits per heavy atom. The summed E-state index contributed by atoms with van der Waals surface area (Å²) < 4.78 is 44.7. The number of aromatic nitrogens is 1. The normalized spacial score (nSPS) is 22.0. The van der Waals surface area contributed by atoms with E-state index in [1.54, 1.807) is 25.7 Å². The molecule has 2 fully saturated rings. The second-order valence-electron chi connectivity index (χ2n) is 9.12. The van der Waals surface area contributed by atoms with E-state index in [-0.39, 0.29) is 29.2 Å². The van der Waals surface area contributed by atoms with Crippen LogP contribution in [0.15, 0.2) is 18.3 Å². The summed E-state index contributed by atoms with van der Waals surface area (Å²) in [4.78, 5) is 32.5. The highest BCUT2D eigenvalue weighted by Gasteiger charge is 2.53. The lowest BCUT2D eigenvalue weighted by atomic mass is 9.69. The molecule has 1 unspecified atom stereocenters. The van der Waals surface area contributed by atoms with Crippen LogP contribution in [0.25, 0.3) is 0 Å². The molecule has 2 aliphatic heterocycles. The van der Waals surface area contributed by atoms with E-state index in [9.17, 15) is 22.8 Å². The summed E-state index contributed by atoms with van der Waals surface area (Å²) in [6.45, 7) is 8.52. The van der Waals surface area contributed by atoms with E-state index < -0.39 is 17.3 Å². The van der Waals surface area contributed by atoms with Crippen molar-refractivity contribution in [1.82, 2.24) is 9.88 Å². The highest BCUT2D eigenvalue weighted by atomic mass is 19.4. The number of halogens is 3. The van der Waals surface area contributed by atoms with Crippen LogP contribution >= 0.6 is 0 Å². The Balaban J connectivity index is 1.78. The molecule has 9 heteroatoms. The van der Waals surface area contributed by atoms with Gasteiger partial charge in [0.1, 0.15) is 11.4 Å². The van der Waals surface area contributed by atoms with Gasteiger partial charge in [-0.25, -0.2) is 9.78 Å². The van der Waals surface area contributed by atoms with E-state index in [4.69, 9.17) is 4.74 Å². The fourth-order valence-electron chi connectivity index (χ4n) is 4.46. The third-order valence-electron chi connectivity index (χ3n) is 5.94. The van der Waals surface area contributed by atoms with Gasteiger partial charge in [0, 0.05) is 37.2 Å². The number of ether oxygens (including phenoxy) is 1. The molecule has 0 aliphatic carbocycles. The van der Waals surface area contributed by atoms with Gasteiger partial charge in [-0.2, -0.15) is 13.2 Å². The van der Waals surface area contributed by atoms with Gasteiger partial charge in [-0.1, -0.05) is 6.92 Å². The molecule has 0 aromatic carbocycles. The number of pyridine rings is 1. The van der Waals surface area contributed by atoms with Crippen LogP contribution in [0.3, 0.4) is 0 Å². The van der Waals surface area contributed by atoms with Gasteiger partial charge in [-0.15, -0.1) is 0 Å². The molecular weight excluding hydrogens is 399 g/mol. The Kier molecular flexibility index (Phi) is 5.77. The smallest absolute Gasteiger partial charge is 0.416 e. The Morgan fingerprint density at radius 2 is 1.90 bits per heavy atom. The summed E-state index contributed by atoms with van der Waals surface area (Å²) in [7, 11) is 0. The van der Waals surface area contributed by atoms with Crippen molar-refractivity contribution in [3.63, 3.8) is 0 Å². The standard InChI is InChI=1S/C21H28F3N3O3/c1-5-15-17(28)27(16-12-14(6-9-25-16)21(22,23)24)13-20(15)7-10-26(11-8-20)18(29)30-19(2,3)4/h6,9,12,15H,5,7-8,10-11,13H2,1-4H3. The van der Waals surface area contributed by atoms with Gasteiger partial charge in [0.05, 0.1) is 5.56 Å². The number of hydrogen-bond acceptors (Lipinski definition) is 4. The van der Waals surface area contributed by atoms with Gasteiger partial charge in [-0.3, -0.25) is 9.69 Å². The van der Waals surface area contributed by atoms with Crippen molar-refractivity contribution in [3.8, 4) is 0 Å². The van der Waals surface area contributed by atoms with Crippen LogP contribution in [0.2, 0.25) is 0 Å². The van der Waals surface area contributed by atoms with E-state index >= 15 is 0 Å². The summed E-state index contributed by atoms with van der Waals surface area (Å²) >= 11 is 0. The van der Waals surface area contributed by atoms with Crippen LogP contribution < -0.4 is 4.90 Å². The minimum Gasteiger partial charge on any atom is -0.444 e. The Morgan fingerprint density at radius 1 is 1.27 bits per heavy atom. The second-order valence-corrected chi connectivity index (χ2v) is 9.12. The number of alkyl halides is 3. The van der Waals surface area contributed by atoms with Crippen LogP contribution in [-0.4, -0.2) is 47.1 Å². The van der Waals surface area contributed by atoms with E-state index in [2.05, 4.69) is 4.98 Å². The summed E-state index contributed by atoms with van der Waals surface area (Å²) in [5.41, 5.74) is -1.80. The first-order valence-corrected chi connectivity index (χ1v) is 10.2. The molecule has 3 rings (SSSR count). The van der Waals surface area contributed by atoms with Gasteiger partial charge < -0.3 is 9.64 Å². The number of carbonyl (C=O) groups is 2. The van der Waals surface area contributed by atoms with Crippen molar-refractivity contribution < 1.29 is 27.5 Å². The lowest BCUT2D eigenvalue weighted by Gasteiger charge is -2.41. The summed E-state index contributed by atoms with van der Waals surface area (Å²) in [6.07, 6.45) is -2.03. The molecule has 1 atom stereocenters. The number of hydrogen-bond donors (Lipinski definition) is 0.